The maximum absolute atomic E-state index is 12.4. The Labute approximate surface area is 164 Å². The molecule has 1 heterocycles. The molecule has 0 aliphatic carbocycles. The van der Waals surface area contributed by atoms with E-state index in [0.29, 0.717) is 30.5 Å². The van der Waals surface area contributed by atoms with E-state index in [0.717, 1.165) is 12.0 Å². The fraction of sp³-hybridized carbons (Fsp3) is 0.333. The summed E-state index contributed by atoms with van der Waals surface area (Å²) in [6, 6.07) is 14.9. The molecule has 0 fully saturated rings. The molecule has 2 aromatic carbocycles. The molecule has 1 unspecified atom stereocenters. The van der Waals surface area contributed by atoms with Crippen molar-refractivity contribution >= 4 is 23.4 Å². The van der Waals surface area contributed by atoms with Gasteiger partial charge in [-0.1, -0.05) is 35.9 Å². The standard InChI is InChI=1S/C21H23ClN2O3/c1-15(25)24-12-10-16-4-2-3-5-19(16)20(24)14-21(26)23-11-13-27-18-8-6-17(22)7-9-18/h2-9,20H,10-14H2,1H3,(H,23,26). The molecule has 1 atom stereocenters. The number of ether oxygens (including phenoxy) is 1. The predicted octanol–water partition coefficient (Wildman–Crippen LogP) is 3.37. The van der Waals surface area contributed by atoms with Gasteiger partial charge in [-0.05, 0) is 41.8 Å². The Hall–Kier alpha value is -2.53. The third-order valence-electron chi connectivity index (χ3n) is 4.70. The third kappa shape index (κ3) is 5.01. The first-order valence-corrected chi connectivity index (χ1v) is 9.42. The molecular weight excluding hydrogens is 364 g/mol. The second-order valence-electron chi connectivity index (χ2n) is 6.53. The number of hydrogen-bond acceptors (Lipinski definition) is 3. The van der Waals surface area contributed by atoms with Gasteiger partial charge in [0.05, 0.1) is 19.0 Å². The van der Waals surface area contributed by atoms with Crippen molar-refractivity contribution in [1.29, 1.82) is 0 Å². The fourth-order valence-electron chi connectivity index (χ4n) is 3.39. The van der Waals surface area contributed by atoms with Crippen LogP contribution in [-0.4, -0.2) is 36.4 Å². The molecule has 0 aromatic heterocycles. The Morgan fingerprint density at radius 2 is 1.93 bits per heavy atom. The lowest BCUT2D eigenvalue weighted by Crippen LogP contribution is -2.41. The maximum Gasteiger partial charge on any atom is 0.222 e. The minimum Gasteiger partial charge on any atom is -0.492 e. The number of benzene rings is 2. The van der Waals surface area contributed by atoms with E-state index in [1.807, 2.05) is 18.2 Å². The molecule has 0 radical (unpaired) electrons. The van der Waals surface area contributed by atoms with Crippen molar-refractivity contribution in [3.63, 3.8) is 0 Å². The normalized spacial score (nSPS) is 15.8. The van der Waals surface area contributed by atoms with Crippen LogP contribution in [0.25, 0.3) is 0 Å². The van der Waals surface area contributed by atoms with Crippen molar-refractivity contribution < 1.29 is 14.3 Å². The first-order chi connectivity index (χ1) is 13.0. The quantitative estimate of drug-likeness (QED) is 0.774. The number of hydrogen-bond donors (Lipinski definition) is 1. The Morgan fingerprint density at radius 1 is 1.19 bits per heavy atom. The zero-order valence-electron chi connectivity index (χ0n) is 15.3. The summed E-state index contributed by atoms with van der Waals surface area (Å²) in [5.74, 6) is 0.605. The number of amides is 2. The largest absolute Gasteiger partial charge is 0.492 e. The van der Waals surface area contributed by atoms with Crippen LogP contribution in [0.15, 0.2) is 48.5 Å². The van der Waals surface area contributed by atoms with Crippen molar-refractivity contribution in [3.8, 4) is 5.75 Å². The van der Waals surface area contributed by atoms with E-state index < -0.39 is 0 Å². The van der Waals surface area contributed by atoms with Crippen molar-refractivity contribution in [2.75, 3.05) is 19.7 Å². The smallest absolute Gasteiger partial charge is 0.222 e. The van der Waals surface area contributed by atoms with E-state index in [2.05, 4.69) is 11.4 Å². The summed E-state index contributed by atoms with van der Waals surface area (Å²) < 4.78 is 5.58. The van der Waals surface area contributed by atoms with Crippen molar-refractivity contribution in [3.05, 3.63) is 64.7 Å². The predicted molar refractivity (Wildman–Crippen MR) is 105 cm³/mol. The molecular formula is C21H23ClN2O3. The molecule has 1 N–H and O–H groups in total. The molecule has 2 aromatic rings. The summed E-state index contributed by atoms with van der Waals surface area (Å²) in [6.07, 6.45) is 1.07. The van der Waals surface area contributed by atoms with Gasteiger partial charge in [0, 0.05) is 18.5 Å². The van der Waals surface area contributed by atoms with Crippen LogP contribution in [0.2, 0.25) is 5.02 Å². The molecule has 142 valence electrons. The van der Waals surface area contributed by atoms with Gasteiger partial charge in [0.15, 0.2) is 0 Å². The third-order valence-corrected chi connectivity index (χ3v) is 4.95. The van der Waals surface area contributed by atoms with Crippen molar-refractivity contribution in [2.45, 2.75) is 25.8 Å². The second-order valence-corrected chi connectivity index (χ2v) is 6.97. The summed E-state index contributed by atoms with van der Waals surface area (Å²) in [7, 11) is 0. The van der Waals surface area contributed by atoms with Crippen LogP contribution in [0.1, 0.15) is 30.5 Å². The lowest BCUT2D eigenvalue weighted by atomic mass is 9.90. The highest BCUT2D eigenvalue weighted by molar-refractivity contribution is 6.30. The zero-order valence-corrected chi connectivity index (χ0v) is 16.0. The summed E-state index contributed by atoms with van der Waals surface area (Å²) in [5, 5.41) is 3.53. The van der Waals surface area contributed by atoms with Crippen molar-refractivity contribution in [1.82, 2.24) is 10.2 Å². The number of rotatable bonds is 6. The minimum atomic E-state index is -0.218. The summed E-state index contributed by atoms with van der Waals surface area (Å²) in [4.78, 5) is 26.2. The summed E-state index contributed by atoms with van der Waals surface area (Å²) >= 11 is 5.84. The van der Waals surface area contributed by atoms with Gasteiger partial charge in [0.1, 0.15) is 12.4 Å². The average Bonchev–Trinajstić information content (AvgIpc) is 2.66. The number of fused-ring (bicyclic) bond motifs is 1. The van der Waals surface area contributed by atoms with Gasteiger partial charge < -0.3 is 15.0 Å². The van der Waals surface area contributed by atoms with Gasteiger partial charge in [-0.3, -0.25) is 9.59 Å². The first-order valence-electron chi connectivity index (χ1n) is 9.04. The zero-order chi connectivity index (χ0) is 19.2. The van der Waals surface area contributed by atoms with Crippen LogP contribution in [0, 0.1) is 0 Å². The highest BCUT2D eigenvalue weighted by atomic mass is 35.5. The number of nitrogens with one attached hydrogen (secondary N) is 1. The van der Waals surface area contributed by atoms with Crippen molar-refractivity contribution in [2.24, 2.45) is 0 Å². The topological polar surface area (TPSA) is 58.6 Å². The van der Waals surface area contributed by atoms with Crippen LogP contribution in [0.3, 0.4) is 0 Å². The Balaban J connectivity index is 1.54. The van der Waals surface area contributed by atoms with Gasteiger partial charge >= 0.3 is 0 Å². The van der Waals surface area contributed by atoms with E-state index in [9.17, 15) is 9.59 Å². The highest BCUT2D eigenvalue weighted by Crippen LogP contribution is 2.32. The van der Waals surface area contributed by atoms with Gasteiger partial charge in [-0.25, -0.2) is 0 Å². The minimum absolute atomic E-state index is 0.00613. The number of carbonyl (C=O) groups excluding carboxylic acids is 2. The van der Waals surface area contributed by atoms with Gasteiger partial charge in [0.25, 0.3) is 0 Å². The number of nitrogens with zero attached hydrogens (tertiary/aromatic N) is 1. The van der Waals surface area contributed by atoms with Crippen LogP contribution in [0.5, 0.6) is 5.75 Å². The molecule has 3 rings (SSSR count). The van der Waals surface area contributed by atoms with E-state index in [-0.39, 0.29) is 24.3 Å². The highest BCUT2D eigenvalue weighted by Gasteiger charge is 2.30. The van der Waals surface area contributed by atoms with Gasteiger partial charge in [-0.15, -0.1) is 0 Å². The molecule has 0 saturated heterocycles. The van der Waals surface area contributed by atoms with Crippen LogP contribution < -0.4 is 10.1 Å². The molecule has 0 saturated carbocycles. The SMILES string of the molecule is CC(=O)N1CCc2ccccc2C1CC(=O)NCCOc1ccc(Cl)cc1. The van der Waals surface area contributed by atoms with Crippen LogP contribution in [-0.2, 0) is 16.0 Å². The van der Waals surface area contributed by atoms with Gasteiger partial charge in [-0.2, -0.15) is 0 Å². The molecule has 5 nitrogen and oxygen atoms in total. The molecule has 0 bridgehead atoms. The fourth-order valence-corrected chi connectivity index (χ4v) is 3.51. The first kappa shape index (κ1) is 19.2. The second kappa shape index (κ2) is 8.91. The van der Waals surface area contributed by atoms with E-state index in [1.54, 1.807) is 36.1 Å². The summed E-state index contributed by atoms with van der Waals surface area (Å²) in [5.41, 5.74) is 2.27. The molecule has 1 aliphatic heterocycles. The van der Waals surface area contributed by atoms with Crippen LogP contribution >= 0.6 is 11.6 Å². The molecule has 27 heavy (non-hydrogen) atoms. The Kier molecular flexibility index (Phi) is 6.35. The summed E-state index contributed by atoms with van der Waals surface area (Å²) in [6.45, 7) is 2.96. The molecule has 6 heteroatoms. The molecule has 0 spiro atoms. The Bertz CT molecular complexity index is 807. The maximum atomic E-state index is 12.4. The number of carbonyl (C=O) groups is 2. The van der Waals surface area contributed by atoms with Crippen LogP contribution in [0.4, 0.5) is 0 Å². The van der Waals surface area contributed by atoms with E-state index in [4.69, 9.17) is 16.3 Å². The monoisotopic (exact) mass is 386 g/mol. The molecule has 2 amide bonds. The number of halogens is 1. The lowest BCUT2D eigenvalue weighted by molar-refractivity contribution is -0.133. The van der Waals surface area contributed by atoms with E-state index in [1.165, 1.54) is 5.56 Å². The average molecular weight is 387 g/mol. The Morgan fingerprint density at radius 3 is 2.67 bits per heavy atom. The van der Waals surface area contributed by atoms with Gasteiger partial charge in [0.2, 0.25) is 11.8 Å². The lowest BCUT2D eigenvalue weighted by Gasteiger charge is -2.36. The molecule has 1 aliphatic rings. The van der Waals surface area contributed by atoms with E-state index >= 15 is 0 Å².